The second kappa shape index (κ2) is 5.55. The molecule has 2 nitrogen and oxygen atoms in total. The number of pyridine rings is 1. The van der Waals surface area contributed by atoms with E-state index in [0.29, 0.717) is 0 Å². The van der Waals surface area contributed by atoms with E-state index in [1.807, 2.05) is 6.92 Å². The molecule has 0 N–H and O–H groups in total. The molecule has 0 radical (unpaired) electrons. The van der Waals surface area contributed by atoms with Crippen molar-refractivity contribution in [2.24, 2.45) is 0 Å². The standard InChI is InChI=1S/C13H12N2S.CH3Cl/c1-9-10(2)15-8-11(5-6-13(15)14-9)12-4-3-7-16-12;1-2/h3-8H,1-2H3;1H3. The van der Waals surface area contributed by atoms with Crippen molar-refractivity contribution in [2.45, 2.75) is 13.8 Å². The molecule has 0 aliphatic rings. The molecule has 3 aromatic rings. The Balaban J connectivity index is 0.000000574. The Hall–Kier alpha value is -1.32. The van der Waals surface area contributed by atoms with E-state index in [0.717, 1.165) is 11.3 Å². The van der Waals surface area contributed by atoms with E-state index in [1.54, 1.807) is 11.3 Å². The first kappa shape index (κ1) is 13.1. The monoisotopic (exact) mass is 278 g/mol. The second-order valence-corrected chi connectivity index (χ2v) is 4.85. The van der Waals surface area contributed by atoms with Gasteiger partial charge in [0.2, 0.25) is 0 Å². The molecule has 94 valence electrons. The maximum Gasteiger partial charge on any atom is 0.137 e. The van der Waals surface area contributed by atoms with Gasteiger partial charge in [0.1, 0.15) is 5.65 Å². The lowest BCUT2D eigenvalue weighted by Crippen LogP contribution is -1.88. The van der Waals surface area contributed by atoms with Crippen LogP contribution in [0.25, 0.3) is 16.1 Å². The molecule has 0 bridgehead atoms. The topological polar surface area (TPSA) is 17.3 Å². The van der Waals surface area contributed by atoms with Crippen LogP contribution in [0, 0.1) is 13.8 Å². The molecule has 0 aliphatic carbocycles. The van der Waals surface area contributed by atoms with E-state index < -0.39 is 0 Å². The van der Waals surface area contributed by atoms with Crippen molar-refractivity contribution in [1.82, 2.24) is 9.38 Å². The summed E-state index contributed by atoms with van der Waals surface area (Å²) in [6, 6.07) is 8.43. The van der Waals surface area contributed by atoms with Crippen molar-refractivity contribution >= 4 is 28.6 Å². The molecule has 3 heterocycles. The Morgan fingerprint density at radius 3 is 2.61 bits per heavy atom. The van der Waals surface area contributed by atoms with E-state index in [4.69, 9.17) is 0 Å². The van der Waals surface area contributed by atoms with Gasteiger partial charge in [0, 0.05) is 28.7 Å². The SMILES string of the molecule is CCl.Cc1nc2ccc(-c3cccs3)cn2c1C. The lowest BCUT2D eigenvalue weighted by molar-refractivity contribution is 1.10. The minimum Gasteiger partial charge on any atom is -0.303 e. The fourth-order valence-electron chi connectivity index (χ4n) is 1.87. The zero-order valence-corrected chi connectivity index (χ0v) is 12.2. The molecule has 0 atom stereocenters. The average Bonchev–Trinajstić information content (AvgIpc) is 3.02. The lowest BCUT2D eigenvalue weighted by atomic mass is 10.2. The van der Waals surface area contributed by atoms with Crippen LogP contribution in [0.2, 0.25) is 0 Å². The predicted molar refractivity (Wildman–Crippen MR) is 79.8 cm³/mol. The third-order valence-electron chi connectivity index (χ3n) is 2.90. The van der Waals surface area contributed by atoms with Crippen LogP contribution in [0.3, 0.4) is 0 Å². The van der Waals surface area contributed by atoms with Gasteiger partial charge in [-0.25, -0.2) is 4.98 Å². The number of nitrogens with zero attached hydrogens (tertiary/aromatic N) is 2. The molecule has 0 saturated carbocycles. The smallest absolute Gasteiger partial charge is 0.137 e. The minimum absolute atomic E-state index is 1.02. The van der Waals surface area contributed by atoms with Crippen molar-refractivity contribution in [3.05, 3.63) is 47.2 Å². The van der Waals surface area contributed by atoms with Gasteiger partial charge in [-0.3, -0.25) is 0 Å². The molecular formula is C14H15ClN2S. The third kappa shape index (κ3) is 2.28. The van der Waals surface area contributed by atoms with Gasteiger partial charge in [0.25, 0.3) is 0 Å². The molecule has 3 aromatic heterocycles. The third-order valence-corrected chi connectivity index (χ3v) is 3.82. The van der Waals surface area contributed by atoms with Crippen LogP contribution in [-0.4, -0.2) is 15.8 Å². The number of fused-ring (bicyclic) bond motifs is 1. The number of rotatable bonds is 1. The minimum atomic E-state index is 1.02. The molecular weight excluding hydrogens is 264 g/mol. The van der Waals surface area contributed by atoms with Gasteiger partial charge >= 0.3 is 0 Å². The van der Waals surface area contributed by atoms with Gasteiger partial charge in [-0.15, -0.1) is 22.9 Å². The first-order valence-corrected chi connectivity index (χ1v) is 7.26. The summed E-state index contributed by atoms with van der Waals surface area (Å²) in [4.78, 5) is 5.80. The van der Waals surface area contributed by atoms with Crippen LogP contribution in [0.15, 0.2) is 35.8 Å². The molecule has 0 spiro atoms. The van der Waals surface area contributed by atoms with Crippen LogP contribution in [0.1, 0.15) is 11.4 Å². The zero-order valence-electron chi connectivity index (χ0n) is 10.6. The van der Waals surface area contributed by atoms with Gasteiger partial charge < -0.3 is 4.40 Å². The Kier molecular flexibility index (Phi) is 4.04. The maximum absolute atomic E-state index is 4.64. The maximum atomic E-state index is 4.64. The van der Waals surface area contributed by atoms with E-state index in [2.05, 4.69) is 63.8 Å². The van der Waals surface area contributed by atoms with Gasteiger partial charge in [0.15, 0.2) is 0 Å². The van der Waals surface area contributed by atoms with Crippen LogP contribution < -0.4 is 0 Å². The summed E-state index contributed by atoms with van der Waals surface area (Å²) in [7, 11) is 0. The molecule has 4 heteroatoms. The summed E-state index contributed by atoms with van der Waals surface area (Å²) >= 11 is 6.40. The highest BCUT2D eigenvalue weighted by atomic mass is 35.5. The lowest BCUT2D eigenvalue weighted by Gasteiger charge is -2.00. The number of imidazole rings is 1. The van der Waals surface area contributed by atoms with Crippen molar-refractivity contribution in [3.63, 3.8) is 0 Å². The van der Waals surface area contributed by atoms with Gasteiger partial charge in [0.05, 0.1) is 5.69 Å². The molecule has 0 amide bonds. The van der Waals surface area contributed by atoms with E-state index in [9.17, 15) is 0 Å². The normalized spacial score (nSPS) is 10.2. The van der Waals surface area contributed by atoms with E-state index >= 15 is 0 Å². The fraction of sp³-hybridized carbons (Fsp3) is 0.214. The first-order valence-electron chi connectivity index (χ1n) is 5.63. The van der Waals surface area contributed by atoms with Crippen LogP contribution in [0.5, 0.6) is 0 Å². The van der Waals surface area contributed by atoms with E-state index in [1.165, 1.54) is 22.5 Å². The summed E-state index contributed by atoms with van der Waals surface area (Å²) in [5.41, 5.74) is 4.59. The molecule has 18 heavy (non-hydrogen) atoms. The highest BCUT2D eigenvalue weighted by Gasteiger charge is 2.05. The summed E-state index contributed by atoms with van der Waals surface area (Å²) in [5, 5.41) is 2.10. The van der Waals surface area contributed by atoms with Crippen molar-refractivity contribution in [3.8, 4) is 10.4 Å². The summed E-state index contributed by atoms with van der Waals surface area (Å²) < 4.78 is 2.16. The first-order chi connectivity index (χ1) is 8.75. The molecule has 0 fully saturated rings. The molecule has 0 aliphatic heterocycles. The van der Waals surface area contributed by atoms with E-state index in [-0.39, 0.29) is 0 Å². The summed E-state index contributed by atoms with van der Waals surface area (Å²) in [6.45, 7) is 4.15. The largest absolute Gasteiger partial charge is 0.303 e. The summed E-state index contributed by atoms with van der Waals surface area (Å²) in [6.07, 6.45) is 3.64. The number of aryl methyl sites for hydroxylation is 2. The zero-order chi connectivity index (χ0) is 13.1. The molecule has 0 aromatic carbocycles. The number of alkyl halides is 1. The molecule has 3 rings (SSSR count). The van der Waals surface area contributed by atoms with Crippen LogP contribution >= 0.6 is 22.9 Å². The Labute approximate surface area is 116 Å². The highest BCUT2D eigenvalue weighted by Crippen LogP contribution is 2.25. The average molecular weight is 279 g/mol. The second-order valence-electron chi connectivity index (χ2n) is 3.91. The van der Waals surface area contributed by atoms with Crippen LogP contribution in [-0.2, 0) is 0 Å². The predicted octanol–water partition coefficient (Wildman–Crippen LogP) is 4.53. The van der Waals surface area contributed by atoms with Crippen molar-refractivity contribution in [1.29, 1.82) is 0 Å². The van der Waals surface area contributed by atoms with Crippen molar-refractivity contribution in [2.75, 3.05) is 6.38 Å². The summed E-state index contributed by atoms with van der Waals surface area (Å²) in [5.74, 6) is 0. The highest BCUT2D eigenvalue weighted by molar-refractivity contribution is 7.13. The Morgan fingerprint density at radius 1 is 1.17 bits per heavy atom. The molecule has 0 saturated heterocycles. The molecule has 0 unspecified atom stereocenters. The number of halogens is 1. The quantitative estimate of drug-likeness (QED) is 0.598. The number of thiophene rings is 1. The van der Waals surface area contributed by atoms with Gasteiger partial charge in [-0.05, 0) is 37.4 Å². The fourth-order valence-corrected chi connectivity index (χ4v) is 2.59. The Bertz CT molecular complexity index is 641. The van der Waals surface area contributed by atoms with Crippen LogP contribution in [0.4, 0.5) is 0 Å². The number of hydrogen-bond donors (Lipinski definition) is 0. The van der Waals surface area contributed by atoms with Crippen molar-refractivity contribution < 1.29 is 0 Å². The Morgan fingerprint density at radius 2 is 1.94 bits per heavy atom. The van der Waals surface area contributed by atoms with Gasteiger partial charge in [-0.2, -0.15) is 0 Å². The number of aromatic nitrogens is 2. The van der Waals surface area contributed by atoms with Gasteiger partial charge in [-0.1, -0.05) is 6.07 Å². The number of hydrogen-bond acceptors (Lipinski definition) is 2.